The summed E-state index contributed by atoms with van der Waals surface area (Å²) in [6.45, 7) is 1.45. The summed E-state index contributed by atoms with van der Waals surface area (Å²) < 4.78 is 4.77. The standard InChI is InChI=1S/C11H11NO4/c1-2-16-11(15)9-3-7(5-12)10(14)4-8(9)6-13/h3-4,13-14H,2,6H2,1H3. The molecule has 0 saturated heterocycles. The predicted molar refractivity (Wildman–Crippen MR) is 54.7 cm³/mol. The van der Waals surface area contributed by atoms with Crippen LogP contribution in [0.5, 0.6) is 5.75 Å². The van der Waals surface area contributed by atoms with Crippen LogP contribution in [0, 0.1) is 11.3 Å². The summed E-state index contributed by atoms with van der Waals surface area (Å²) in [5.74, 6) is -0.886. The smallest absolute Gasteiger partial charge is 0.338 e. The van der Waals surface area contributed by atoms with E-state index in [-0.39, 0.29) is 29.0 Å². The highest BCUT2D eigenvalue weighted by molar-refractivity contribution is 5.92. The van der Waals surface area contributed by atoms with Crippen LogP contribution in [0.2, 0.25) is 0 Å². The van der Waals surface area contributed by atoms with Gasteiger partial charge in [-0.2, -0.15) is 5.26 Å². The van der Waals surface area contributed by atoms with E-state index in [1.165, 1.54) is 12.1 Å². The molecule has 0 aliphatic carbocycles. The van der Waals surface area contributed by atoms with Gasteiger partial charge in [0, 0.05) is 0 Å². The summed E-state index contributed by atoms with van der Waals surface area (Å²) in [5.41, 5.74) is 0.300. The molecule has 0 spiro atoms. The van der Waals surface area contributed by atoms with E-state index in [1.807, 2.05) is 0 Å². The number of rotatable bonds is 3. The quantitative estimate of drug-likeness (QED) is 0.741. The van der Waals surface area contributed by atoms with Crippen molar-refractivity contribution in [2.24, 2.45) is 0 Å². The van der Waals surface area contributed by atoms with Crippen LogP contribution in [0.3, 0.4) is 0 Å². The molecular weight excluding hydrogens is 210 g/mol. The van der Waals surface area contributed by atoms with Crippen molar-refractivity contribution in [2.75, 3.05) is 6.61 Å². The van der Waals surface area contributed by atoms with Crippen molar-refractivity contribution in [3.63, 3.8) is 0 Å². The first-order valence-electron chi connectivity index (χ1n) is 4.68. The number of aromatic hydroxyl groups is 1. The third-order valence-corrected chi connectivity index (χ3v) is 2.01. The van der Waals surface area contributed by atoms with Gasteiger partial charge in [-0.3, -0.25) is 0 Å². The van der Waals surface area contributed by atoms with Gasteiger partial charge < -0.3 is 14.9 Å². The minimum atomic E-state index is -0.622. The zero-order valence-electron chi connectivity index (χ0n) is 8.73. The maximum Gasteiger partial charge on any atom is 0.338 e. The molecule has 0 aliphatic heterocycles. The van der Waals surface area contributed by atoms with E-state index in [9.17, 15) is 9.90 Å². The zero-order chi connectivity index (χ0) is 12.1. The molecule has 0 saturated carbocycles. The first-order chi connectivity index (χ1) is 7.63. The van der Waals surface area contributed by atoms with Gasteiger partial charge in [-0.15, -0.1) is 0 Å². The Balaban J connectivity index is 3.26. The predicted octanol–water partition coefficient (Wildman–Crippen LogP) is 0.933. The largest absolute Gasteiger partial charge is 0.507 e. The van der Waals surface area contributed by atoms with Crippen molar-refractivity contribution in [1.82, 2.24) is 0 Å². The van der Waals surface area contributed by atoms with E-state index in [0.29, 0.717) is 0 Å². The summed E-state index contributed by atoms with van der Waals surface area (Å²) in [7, 11) is 0. The number of hydrogen-bond donors (Lipinski definition) is 2. The number of aliphatic hydroxyl groups is 1. The molecule has 0 atom stereocenters. The Morgan fingerprint density at radius 3 is 2.75 bits per heavy atom. The molecule has 0 aromatic heterocycles. The van der Waals surface area contributed by atoms with Crippen LogP contribution in [-0.4, -0.2) is 22.8 Å². The number of phenols is 1. The molecule has 5 nitrogen and oxygen atoms in total. The van der Waals surface area contributed by atoms with Crippen LogP contribution in [-0.2, 0) is 11.3 Å². The van der Waals surface area contributed by atoms with E-state index in [1.54, 1.807) is 13.0 Å². The third kappa shape index (κ3) is 2.30. The highest BCUT2D eigenvalue weighted by atomic mass is 16.5. The molecule has 0 amide bonds. The van der Waals surface area contributed by atoms with Crippen LogP contribution in [0.4, 0.5) is 0 Å². The van der Waals surface area contributed by atoms with E-state index >= 15 is 0 Å². The van der Waals surface area contributed by atoms with Crippen molar-refractivity contribution >= 4 is 5.97 Å². The van der Waals surface area contributed by atoms with Gasteiger partial charge in [0.1, 0.15) is 11.8 Å². The lowest BCUT2D eigenvalue weighted by atomic mass is 10.0. The lowest BCUT2D eigenvalue weighted by molar-refractivity contribution is 0.0522. The first-order valence-corrected chi connectivity index (χ1v) is 4.68. The summed E-state index contributed by atoms with van der Waals surface area (Å²) in [6, 6.07) is 4.14. The molecular formula is C11H11NO4. The van der Waals surface area contributed by atoms with Gasteiger partial charge in [-0.1, -0.05) is 0 Å². The number of phenolic OH excluding ortho intramolecular Hbond substituents is 1. The second kappa shape index (κ2) is 5.14. The van der Waals surface area contributed by atoms with Gasteiger partial charge in [0.15, 0.2) is 0 Å². The number of nitriles is 1. The second-order valence-corrected chi connectivity index (χ2v) is 3.02. The maximum atomic E-state index is 11.5. The Morgan fingerprint density at radius 1 is 1.56 bits per heavy atom. The van der Waals surface area contributed by atoms with Gasteiger partial charge in [0.25, 0.3) is 0 Å². The molecule has 84 valence electrons. The Kier molecular flexibility index (Phi) is 3.86. The number of carbonyl (C=O) groups is 1. The maximum absolute atomic E-state index is 11.5. The van der Waals surface area contributed by atoms with Crippen LogP contribution in [0.25, 0.3) is 0 Å². The lowest BCUT2D eigenvalue weighted by Gasteiger charge is -2.08. The molecule has 5 heteroatoms. The third-order valence-electron chi connectivity index (χ3n) is 2.01. The van der Waals surface area contributed by atoms with Gasteiger partial charge in [0.05, 0.1) is 24.3 Å². The van der Waals surface area contributed by atoms with E-state index < -0.39 is 12.6 Å². The van der Waals surface area contributed by atoms with Gasteiger partial charge >= 0.3 is 5.97 Å². The molecule has 0 heterocycles. The van der Waals surface area contributed by atoms with Crippen LogP contribution in [0.1, 0.15) is 28.4 Å². The highest BCUT2D eigenvalue weighted by Gasteiger charge is 2.15. The molecule has 1 aromatic rings. The molecule has 1 aromatic carbocycles. The Labute approximate surface area is 92.5 Å². The first kappa shape index (κ1) is 12.0. The number of esters is 1. The number of hydrogen-bond acceptors (Lipinski definition) is 5. The van der Waals surface area contributed by atoms with Gasteiger partial charge in [-0.25, -0.2) is 4.79 Å². The van der Waals surface area contributed by atoms with Gasteiger partial charge in [0.2, 0.25) is 0 Å². The number of benzene rings is 1. The Hall–Kier alpha value is -2.06. The summed E-state index contributed by atoms with van der Waals surface area (Å²) in [4.78, 5) is 11.5. The minimum Gasteiger partial charge on any atom is -0.507 e. The van der Waals surface area contributed by atoms with E-state index in [2.05, 4.69) is 0 Å². The summed E-state index contributed by atoms with van der Waals surface area (Å²) in [6.07, 6.45) is 0. The average Bonchev–Trinajstić information content (AvgIpc) is 2.28. The van der Waals surface area contributed by atoms with Crippen molar-refractivity contribution < 1.29 is 19.7 Å². The number of ether oxygens (including phenoxy) is 1. The van der Waals surface area contributed by atoms with Crippen LogP contribution in [0.15, 0.2) is 12.1 Å². The topological polar surface area (TPSA) is 90.6 Å². The summed E-state index contributed by atoms with van der Waals surface area (Å²) >= 11 is 0. The van der Waals surface area contributed by atoms with Crippen LogP contribution >= 0.6 is 0 Å². The molecule has 2 N–H and O–H groups in total. The number of carbonyl (C=O) groups excluding carboxylic acids is 1. The molecule has 0 aliphatic rings. The zero-order valence-corrected chi connectivity index (χ0v) is 8.73. The van der Waals surface area contributed by atoms with Crippen molar-refractivity contribution in [1.29, 1.82) is 5.26 Å². The van der Waals surface area contributed by atoms with Crippen molar-refractivity contribution in [3.05, 3.63) is 28.8 Å². The molecule has 1 rings (SSSR count). The number of nitrogens with zero attached hydrogens (tertiary/aromatic N) is 1. The molecule has 0 fully saturated rings. The fourth-order valence-corrected chi connectivity index (χ4v) is 1.25. The molecule has 16 heavy (non-hydrogen) atoms. The highest BCUT2D eigenvalue weighted by Crippen LogP contribution is 2.22. The van der Waals surface area contributed by atoms with Crippen molar-refractivity contribution in [3.8, 4) is 11.8 Å². The molecule has 0 bridgehead atoms. The SMILES string of the molecule is CCOC(=O)c1cc(C#N)c(O)cc1CO. The Bertz CT molecular complexity index is 448. The minimum absolute atomic E-state index is 0.0275. The van der Waals surface area contributed by atoms with Crippen molar-refractivity contribution in [2.45, 2.75) is 13.5 Å². The lowest BCUT2D eigenvalue weighted by Crippen LogP contribution is -2.08. The number of aliphatic hydroxyl groups excluding tert-OH is 1. The van der Waals surface area contributed by atoms with Gasteiger partial charge in [-0.05, 0) is 24.6 Å². The average molecular weight is 221 g/mol. The van der Waals surface area contributed by atoms with Crippen LogP contribution < -0.4 is 0 Å². The second-order valence-electron chi connectivity index (χ2n) is 3.02. The monoisotopic (exact) mass is 221 g/mol. The van der Waals surface area contributed by atoms with E-state index in [0.717, 1.165) is 0 Å². The Morgan fingerprint density at radius 2 is 2.25 bits per heavy atom. The molecule has 0 radical (unpaired) electrons. The summed E-state index contributed by atoms with van der Waals surface area (Å²) in [5, 5.41) is 27.1. The van der Waals surface area contributed by atoms with E-state index in [4.69, 9.17) is 15.1 Å². The fourth-order valence-electron chi connectivity index (χ4n) is 1.25. The molecule has 0 unspecified atom stereocenters. The fraction of sp³-hybridized carbons (Fsp3) is 0.273. The normalized spacial score (nSPS) is 9.56.